The molecule has 0 saturated heterocycles. The molecule has 2 aromatic carbocycles. The highest BCUT2D eigenvalue weighted by atomic mass is 32.2. The maximum Gasteiger partial charge on any atom is 0.261 e. The van der Waals surface area contributed by atoms with Gasteiger partial charge in [-0.15, -0.1) is 6.42 Å². The van der Waals surface area contributed by atoms with Crippen molar-refractivity contribution in [2.75, 3.05) is 12.4 Å². The minimum absolute atomic E-state index is 0.111. The summed E-state index contributed by atoms with van der Waals surface area (Å²) in [6, 6.07) is 10.7. The van der Waals surface area contributed by atoms with Crippen LogP contribution in [0.1, 0.15) is 18.4 Å². The molecule has 0 aliphatic rings. The summed E-state index contributed by atoms with van der Waals surface area (Å²) in [6.07, 6.45) is 4.88. The van der Waals surface area contributed by atoms with Gasteiger partial charge in [-0.2, -0.15) is 4.72 Å². The molecule has 0 radical (unpaired) electrons. The number of hydrogen-bond donors (Lipinski definition) is 4. The van der Waals surface area contributed by atoms with Crippen molar-refractivity contribution in [1.29, 1.82) is 0 Å². The van der Waals surface area contributed by atoms with Gasteiger partial charge in [-0.05, 0) is 55.0 Å². The molecule has 2 rings (SSSR count). The second kappa shape index (κ2) is 10.4. The number of benzene rings is 2. The SMILES string of the molecule is C#Cc1ccc(S(=O)(=O)N[C@H](CCC(=O)Nc2ccc(OC)cc2)C(=O)NO)cc1. The van der Waals surface area contributed by atoms with E-state index in [2.05, 4.69) is 16.0 Å². The van der Waals surface area contributed by atoms with Crippen molar-refractivity contribution in [3.63, 3.8) is 0 Å². The van der Waals surface area contributed by atoms with Crippen molar-refractivity contribution >= 4 is 27.5 Å². The summed E-state index contributed by atoms with van der Waals surface area (Å²) in [7, 11) is -2.57. The number of ether oxygens (including phenoxy) is 1. The molecule has 0 aromatic heterocycles. The molecule has 2 aromatic rings. The number of hydrogen-bond acceptors (Lipinski definition) is 6. The van der Waals surface area contributed by atoms with Crippen LogP contribution in [-0.2, 0) is 19.6 Å². The fourth-order valence-corrected chi connectivity index (χ4v) is 3.71. The van der Waals surface area contributed by atoms with E-state index in [1.165, 1.54) is 36.9 Å². The molecule has 2 amide bonds. The molecule has 0 saturated carbocycles. The fourth-order valence-electron chi connectivity index (χ4n) is 2.48. The van der Waals surface area contributed by atoms with Crippen LogP contribution < -0.4 is 20.3 Å². The van der Waals surface area contributed by atoms with Gasteiger partial charge in [0.15, 0.2) is 0 Å². The van der Waals surface area contributed by atoms with Crippen molar-refractivity contribution in [2.45, 2.75) is 23.8 Å². The van der Waals surface area contributed by atoms with Gasteiger partial charge in [0.2, 0.25) is 15.9 Å². The van der Waals surface area contributed by atoms with Crippen LogP contribution in [0.5, 0.6) is 5.75 Å². The predicted octanol–water partition coefficient (Wildman–Crippen LogP) is 1.25. The molecule has 10 heteroatoms. The molecule has 30 heavy (non-hydrogen) atoms. The molecule has 158 valence electrons. The predicted molar refractivity (Wildman–Crippen MR) is 109 cm³/mol. The average molecular weight is 431 g/mol. The minimum atomic E-state index is -4.09. The van der Waals surface area contributed by atoms with E-state index in [0.29, 0.717) is 17.0 Å². The van der Waals surface area contributed by atoms with Crippen molar-refractivity contribution in [2.24, 2.45) is 0 Å². The second-order valence-electron chi connectivity index (χ2n) is 6.13. The highest BCUT2D eigenvalue weighted by molar-refractivity contribution is 7.89. The molecule has 0 heterocycles. The number of rotatable bonds is 9. The van der Waals surface area contributed by atoms with Crippen LogP contribution in [0.4, 0.5) is 5.69 Å². The fraction of sp³-hybridized carbons (Fsp3) is 0.200. The van der Waals surface area contributed by atoms with Crippen molar-refractivity contribution in [1.82, 2.24) is 10.2 Å². The molecule has 0 aliphatic carbocycles. The van der Waals surface area contributed by atoms with E-state index in [0.717, 1.165) is 0 Å². The highest BCUT2D eigenvalue weighted by Crippen LogP contribution is 2.16. The lowest BCUT2D eigenvalue weighted by molar-refractivity contribution is -0.131. The summed E-state index contributed by atoms with van der Waals surface area (Å²) in [6.45, 7) is 0. The number of carbonyl (C=O) groups excluding carboxylic acids is 2. The lowest BCUT2D eigenvalue weighted by Gasteiger charge is -2.17. The zero-order valence-electron chi connectivity index (χ0n) is 16.1. The van der Waals surface area contributed by atoms with Crippen molar-refractivity contribution in [3.05, 3.63) is 54.1 Å². The Labute approximate surface area is 174 Å². The summed E-state index contributed by atoms with van der Waals surface area (Å²) >= 11 is 0. The van der Waals surface area contributed by atoms with Gasteiger partial charge in [-0.25, -0.2) is 13.9 Å². The maximum absolute atomic E-state index is 12.5. The molecule has 4 N–H and O–H groups in total. The quantitative estimate of drug-likeness (QED) is 0.268. The third-order valence-corrected chi connectivity index (χ3v) is 5.58. The van der Waals surface area contributed by atoms with Gasteiger partial charge >= 0.3 is 0 Å². The van der Waals surface area contributed by atoms with Crippen LogP contribution >= 0.6 is 0 Å². The molecule has 0 bridgehead atoms. The molecular formula is C20H21N3O6S. The van der Waals surface area contributed by atoms with Gasteiger partial charge < -0.3 is 10.1 Å². The Morgan fingerprint density at radius 1 is 1.13 bits per heavy atom. The smallest absolute Gasteiger partial charge is 0.261 e. The average Bonchev–Trinajstić information content (AvgIpc) is 2.76. The van der Waals surface area contributed by atoms with E-state index in [1.54, 1.807) is 24.3 Å². The first-order valence-electron chi connectivity index (χ1n) is 8.76. The van der Waals surface area contributed by atoms with Crippen molar-refractivity contribution < 1.29 is 28.0 Å². The van der Waals surface area contributed by atoms with Gasteiger partial charge in [-0.3, -0.25) is 14.8 Å². The number of hydroxylamine groups is 1. The number of terminal acetylenes is 1. The minimum Gasteiger partial charge on any atom is -0.497 e. The Bertz CT molecular complexity index is 1030. The van der Waals surface area contributed by atoms with Gasteiger partial charge in [0, 0.05) is 17.7 Å². The third-order valence-electron chi connectivity index (χ3n) is 4.09. The number of methoxy groups -OCH3 is 1. The first-order valence-corrected chi connectivity index (χ1v) is 10.2. The van der Waals surface area contributed by atoms with Crippen LogP contribution in [0.3, 0.4) is 0 Å². The molecule has 1 atom stereocenters. The third kappa shape index (κ3) is 6.31. The van der Waals surface area contributed by atoms with Crippen LogP contribution in [-0.4, -0.2) is 38.6 Å². The van der Waals surface area contributed by atoms with E-state index in [9.17, 15) is 18.0 Å². The van der Waals surface area contributed by atoms with Gasteiger partial charge in [0.05, 0.1) is 12.0 Å². The Morgan fingerprint density at radius 3 is 2.30 bits per heavy atom. The first kappa shape index (κ1) is 22.9. The standard InChI is InChI=1S/C20H21N3O6S/c1-3-14-4-10-17(11-5-14)30(27,28)23-18(20(25)22-26)12-13-19(24)21-15-6-8-16(29-2)9-7-15/h1,4-11,18,23,26H,12-13H2,2H3,(H,21,24)(H,22,25)/t18-/m1/s1. The molecule has 0 spiro atoms. The molecule has 9 nitrogen and oxygen atoms in total. The largest absolute Gasteiger partial charge is 0.497 e. The lowest BCUT2D eigenvalue weighted by atomic mass is 10.1. The number of anilines is 1. The second-order valence-corrected chi connectivity index (χ2v) is 7.85. The maximum atomic E-state index is 12.5. The normalized spacial score (nSPS) is 11.8. The van der Waals surface area contributed by atoms with E-state index in [4.69, 9.17) is 16.4 Å². The van der Waals surface area contributed by atoms with Crippen LogP contribution in [0, 0.1) is 12.3 Å². The van der Waals surface area contributed by atoms with Crippen molar-refractivity contribution in [3.8, 4) is 18.1 Å². The summed E-state index contributed by atoms with van der Waals surface area (Å²) in [5, 5.41) is 11.5. The highest BCUT2D eigenvalue weighted by Gasteiger charge is 2.26. The number of amides is 2. The van der Waals surface area contributed by atoms with E-state index in [-0.39, 0.29) is 17.7 Å². The molecule has 0 fully saturated rings. The number of sulfonamides is 1. The molecule has 0 aliphatic heterocycles. The lowest BCUT2D eigenvalue weighted by Crippen LogP contribution is -2.46. The monoisotopic (exact) mass is 431 g/mol. The topological polar surface area (TPSA) is 134 Å². The zero-order valence-corrected chi connectivity index (χ0v) is 16.9. The van der Waals surface area contributed by atoms with E-state index < -0.39 is 27.9 Å². The Kier molecular flexibility index (Phi) is 7.94. The van der Waals surface area contributed by atoms with E-state index in [1.807, 2.05) is 0 Å². The van der Waals surface area contributed by atoms with Gasteiger partial charge in [0.25, 0.3) is 5.91 Å². The summed E-state index contributed by atoms with van der Waals surface area (Å²) < 4.78 is 32.3. The number of carbonyl (C=O) groups is 2. The first-order chi connectivity index (χ1) is 14.3. The zero-order chi connectivity index (χ0) is 22.1. The van der Waals surface area contributed by atoms with Gasteiger partial charge in [-0.1, -0.05) is 5.92 Å². The molecular weight excluding hydrogens is 410 g/mol. The van der Waals surface area contributed by atoms with Crippen LogP contribution in [0.25, 0.3) is 0 Å². The van der Waals surface area contributed by atoms with Gasteiger partial charge in [0.1, 0.15) is 11.8 Å². The summed E-state index contributed by atoms with van der Waals surface area (Å²) in [4.78, 5) is 23.9. The Morgan fingerprint density at radius 2 is 1.77 bits per heavy atom. The Hall–Kier alpha value is -3.39. The summed E-state index contributed by atoms with van der Waals surface area (Å²) in [5.41, 5.74) is 2.41. The molecule has 0 unspecified atom stereocenters. The number of nitrogens with one attached hydrogen (secondary N) is 3. The van der Waals surface area contributed by atoms with E-state index >= 15 is 0 Å². The summed E-state index contributed by atoms with van der Waals surface area (Å²) in [5.74, 6) is 1.57. The Balaban J connectivity index is 2.03. The van der Waals surface area contributed by atoms with Crippen LogP contribution in [0.2, 0.25) is 0 Å². The van der Waals surface area contributed by atoms with Crippen LogP contribution in [0.15, 0.2) is 53.4 Å².